The second-order valence-electron chi connectivity index (χ2n) is 4.54. The summed E-state index contributed by atoms with van der Waals surface area (Å²) in [5, 5.41) is 8.39. The Hall–Kier alpha value is -2.14. The standard InChI is InChI=1S/C15H19N3O2/c1-18(2)15-9-8-14(16-17-15)12-4-6-13(7-5-12)20-11-10-19-3/h4-9H,10-11H2,1-3H3. The third-order valence-electron chi connectivity index (χ3n) is 2.81. The molecule has 0 spiro atoms. The van der Waals surface area contributed by atoms with E-state index in [1.807, 2.05) is 55.4 Å². The Labute approximate surface area is 119 Å². The zero-order valence-corrected chi connectivity index (χ0v) is 12.0. The minimum atomic E-state index is 0.549. The summed E-state index contributed by atoms with van der Waals surface area (Å²) in [6.45, 7) is 1.13. The molecule has 1 aromatic heterocycles. The van der Waals surface area contributed by atoms with Gasteiger partial charge < -0.3 is 14.4 Å². The number of aromatic nitrogens is 2. The first-order chi connectivity index (χ1) is 9.70. The maximum atomic E-state index is 5.52. The Morgan fingerprint density at radius 2 is 1.70 bits per heavy atom. The SMILES string of the molecule is COCCOc1ccc(-c2ccc(N(C)C)nn2)cc1. The number of anilines is 1. The van der Waals surface area contributed by atoms with Crippen LogP contribution in [0.1, 0.15) is 0 Å². The van der Waals surface area contributed by atoms with Crippen LogP contribution in [0.25, 0.3) is 11.3 Å². The van der Waals surface area contributed by atoms with Gasteiger partial charge in [-0.1, -0.05) is 0 Å². The normalized spacial score (nSPS) is 10.3. The first-order valence-electron chi connectivity index (χ1n) is 6.44. The van der Waals surface area contributed by atoms with E-state index >= 15 is 0 Å². The van der Waals surface area contributed by atoms with Gasteiger partial charge in [0.1, 0.15) is 12.4 Å². The molecule has 5 heteroatoms. The summed E-state index contributed by atoms with van der Waals surface area (Å²) in [6.07, 6.45) is 0. The van der Waals surface area contributed by atoms with Gasteiger partial charge in [-0.25, -0.2) is 0 Å². The van der Waals surface area contributed by atoms with E-state index in [0.29, 0.717) is 13.2 Å². The van der Waals surface area contributed by atoms with Crippen molar-refractivity contribution in [2.24, 2.45) is 0 Å². The maximum Gasteiger partial charge on any atom is 0.150 e. The molecule has 0 unspecified atom stereocenters. The topological polar surface area (TPSA) is 47.5 Å². The van der Waals surface area contributed by atoms with Crippen LogP contribution >= 0.6 is 0 Å². The summed E-state index contributed by atoms with van der Waals surface area (Å²) >= 11 is 0. The summed E-state index contributed by atoms with van der Waals surface area (Å²) in [5.74, 6) is 1.66. The maximum absolute atomic E-state index is 5.52. The van der Waals surface area contributed by atoms with Gasteiger partial charge >= 0.3 is 0 Å². The average molecular weight is 273 g/mol. The number of benzene rings is 1. The number of hydrogen-bond donors (Lipinski definition) is 0. The monoisotopic (exact) mass is 273 g/mol. The molecule has 5 nitrogen and oxygen atoms in total. The molecule has 0 radical (unpaired) electrons. The van der Waals surface area contributed by atoms with E-state index < -0.39 is 0 Å². The highest BCUT2D eigenvalue weighted by atomic mass is 16.5. The predicted molar refractivity (Wildman–Crippen MR) is 79.2 cm³/mol. The third-order valence-corrected chi connectivity index (χ3v) is 2.81. The number of nitrogens with zero attached hydrogens (tertiary/aromatic N) is 3. The van der Waals surface area contributed by atoms with Crippen LogP contribution in [0.15, 0.2) is 36.4 Å². The first-order valence-corrected chi connectivity index (χ1v) is 6.44. The number of rotatable bonds is 6. The molecular weight excluding hydrogens is 254 g/mol. The van der Waals surface area contributed by atoms with Crippen molar-refractivity contribution < 1.29 is 9.47 Å². The Balaban J connectivity index is 2.05. The molecule has 0 aliphatic carbocycles. The van der Waals surface area contributed by atoms with Crippen LogP contribution in [0, 0.1) is 0 Å². The fourth-order valence-electron chi connectivity index (χ4n) is 1.68. The van der Waals surface area contributed by atoms with Crippen LogP contribution in [-0.2, 0) is 4.74 Å². The highest BCUT2D eigenvalue weighted by Crippen LogP contribution is 2.21. The Kier molecular flexibility index (Phi) is 4.90. The molecule has 0 atom stereocenters. The minimum absolute atomic E-state index is 0.549. The summed E-state index contributed by atoms with van der Waals surface area (Å²) in [4.78, 5) is 1.92. The zero-order chi connectivity index (χ0) is 14.4. The van der Waals surface area contributed by atoms with Crippen LogP contribution in [-0.4, -0.2) is 44.6 Å². The van der Waals surface area contributed by atoms with Crippen LogP contribution in [0.5, 0.6) is 5.75 Å². The van der Waals surface area contributed by atoms with Crippen molar-refractivity contribution in [3.05, 3.63) is 36.4 Å². The molecule has 0 aliphatic heterocycles. The van der Waals surface area contributed by atoms with Gasteiger partial charge in [-0.3, -0.25) is 0 Å². The van der Waals surface area contributed by atoms with Gasteiger partial charge in [-0.05, 0) is 36.4 Å². The summed E-state index contributed by atoms with van der Waals surface area (Å²) in [6, 6.07) is 11.7. The quantitative estimate of drug-likeness (QED) is 0.755. The lowest BCUT2D eigenvalue weighted by molar-refractivity contribution is 0.146. The van der Waals surface area contributed by atoms with Crippen molar-refractivity contribution >= 4 is 5.82 Å². The summed E-state index contributed by atoms with van der Waals surface area (Å²) < 4.78 is 10.5. The van der Waals surface area contributed by atoms with Gasteiger partial charge in [0.15, 0.2) is 5.82 Å². The molecule has 2 rings (SSSR count). The zero-order valence-electron chi connectivity index (χ0n) is 12.0. The lowest BCUT2D eigenvalue weighted by Crippen LogP contribution is -2.11. The second kappa shape index (κ2) is 6.86. The number of methoxy groups -OCH3 is 1. The average Bonchev–Trinajstić information content (AvgIpc) is 2.48. The largest absolute Gasteiger partial charge is 0.491 e. The molecule has 2 aromatic rings. The van der Waals surface area contributed by atoms with Gasteiger partial charge in [0.2, 0.25) is 0 Å². The second-order valence-corrected chi connectivity index (χ2v) is 4.54. The van der Waals surface area contributed by atoms with E-state index in [2.05, 4.69) is 10.2 Å². The minimum Gasteiger partial charge on any atom is -0.491 e. The van der Waals surface area contributed by atoms with E-state index in [1.54, 1.807) is 7.11 Å². The molecule has 106 valence electrons. The molecule has 0 aliphatic rings. The van der Waals surface area contributed by atoms with Crippen molar-refractivity contribution in [3.63, 3.8) is 0 Å². The van der Waals surface area contributed by atoms with Crippen molar-refractivity contribution in [2.75, 3.05) is 39.3 Å². The molecular formula is C15H19N3O2. The van der Waals surface area contributed by atoms with E-state index in [-0.39, 0.29) is 0 Å². The lowest BCUT2D eigenvalue weighted by atomic mass is 10.1. The van der Waals surface area contributed by atoms with E-state index in [9.17, 15) is 0 Å². The van der Waals surface area contributed by atoms with E-state index in [0.717, 1.165) is 22.8 Å². The molecule has 0 fully saturated rings. The van der Waals surface area contributed by atoms with Crippen LogP contribution < -0.4 is 9.64 Å². The summed E-state index contributed by atoms with van der Waals surface area (Å²) in [5.41, 5.74) is 1.86. The fourth-order valence-corrected chi connectivity index (χ4v) is 1.68. The third kappa shape index (κ3) is 3.68. The molecule has 1 heterocycles. The van der Waals surface area contributed by atoms with Crippen molar-refractivity contribution in [1.29, 1.82) is 0 Å². The molecule has 1 aromatic carbocycles. The van der Waals surface area contributed by atoms with Crippen molar-refractivity contribution in [3.8, 4) is 17.0 Å². The van der Waals surface area contributed by atoms with Gasteiger partial charge in [0.25, 0.3) is 0 Å². The van der Waals surface area contributed by atoms with Crippen molar-refractivity contribution in [1.82, 2.24) is 10.2 Å². The Morgan fingerprint density at radius 3 is 2.25 bits per heavy atom. The molecule has 20 heavy (non-hydrogen) atoms. The number of hydrogen-bond acceptors (Lipinski definition) is 5. The van der Waals surface area contributed by atoms with Crippen LogP contribution in [0.3, 0.4) is 0 Å². The van der Waals surface area contributed by atoms with Gasteiger partial charge in [0.05, 0.1) is 12.3 Å². The predicted octanol–water partition coefficient (Wildman–Crippen LogP) is 2.23. The molecule has 0 amide bonds. The highest BCUT2D eigenvalue weighted by Gasteiger charge is 2.03. The molecule has 0 bridgehead atoms. The smallest absolute Gasteiger partial charge is 0.150 e. The number of ether oxygens (including phenoxy) is 2. The summed E-state index contributed by atoms with van der Waals surface area (Å²) in [7, 11) is 5.54. The van der Waals surface area contributed by atoms with Gasteiger partial charge in [-0.2, -0.15) is 0 Å². The molecule has 0 N–H and O–H groups in total. The van der Waals surface area contributed by atoms with E-state index in [4.69, 9.17) is 9.47 Å². The van der Waals surface area contributed by atoms with Gasteiger partial charge in [0, 0.05) is 26.8 Å². The Morgan fingerprint density at radius 1 is 0.950 bits per heavy atom. The molecule has 0 saturated heterocycles. The van der Waals surface area contributed by atoms with Crippen LogP contribution in [0.2, 0.25) is 0 Å². The molecule has 0 saturated carbocycles. The van der Waals surface area contributed by atoms with Gasteiger partial charge in [-0.15, -0.1) is 10.2 Å². The first kappa shape index (κ1) is 14.3. The van der Waals surface area contributed by atoms with Crippen LogP contribution in [0.4, 0.5) is 5.82 Å². The highest BCUT2D eigenvalue weighted by molar-refractivity contribution is 5.60. The van der Waals surface area contributed by atoms with E-state index in [1.165, 1.54) is 0 Å². The van der Waals surface area contributed by atoms with Crippen molar-refractivity contribution in [2.45, 2.75) is 0 Å². The fraction of sp³-hybridized carbons (Fsp3) is 0.333. The lowest BCUT2D eigenvalue weighted by Gasteiger charge is -2.10. The Bertz CT molecular complexity index is 524.